The molecule has 0 heterocycles. The Bertz CT molecular complexity index is 367. The third kappa shape index (κ3) is 7.07. The van der Waals surface area contributed by atoms with Crippen LogP contribution in [0.1, 0.15) is 31.7 Å². The summed E-state index contributed by atoms with van der Waals surface area (Å²) < 4.78 is 0. The fourth-order valence-electron chi connectivity index (χ4n) is 2.59. The molecule has 3 heteroatoms. The molecule has 1 aromatic carbocycles. The summed E-state index contributed by atoms with van der Waals surface area (Å²) in [5.74, 6) is 0.305. The van der Waals surface area contributed by atoms with E-state index in [4.69, 9.17) is 0 Å². The maximum atomic E-state index is 10.7. The summed E-state index contributed by atoms with van der Waals surface area (Å²) in [7, 11) is 6.16. The van der Waals surface area contributed by atoms with Gasteiger partial charge in [-0.15, -0.1) is 0 Å². The fourth-order valence-corrected chi connectivity index (χ4v) is 2.59. The van der Waals surface area contributed by atoms with Gasteiger partial charge in [0.25, 0.3) is 0 Å². The van der Waals surface area contributed by atoms with E-state index in [1.807, 2.05) is 13.1 Å². The van der Waals surface area contributed by atoms with E-state index >= 15 is 0 Å². The van der Waals surface area contributed by atoms with Crippen LogP contribution < -0.4 is 0 Å². The summed E-state index contributed by atoms with van der Waals surface area (Å²) in [4.78, 5) is 4.24. The van der Waals surface area contributed by atoms with E-state index in [2.05, 4.69) is 55.1 Å². The topological polar surface area (TPSA) is 26.7 Å². The molecule has 0 amide bonds. The van der Waals surface area contributed by atoms with Crippen molar-refractivity contribution in [3.05, 3.63) is 35.9 Å². The molecule has 1 N–H and O–H groups in total. The summed E-state index contributed by atoms with van der Waals surface area (Å²) >= 11 is 0. The van der Waals surface area contributed by atoms with E-state index < -0.39 is 0 Å². The lowest BCUT2D eigenvalue weighted by atomic mass is 9.92. The second-order valence-electron chi connectivity index (χ2n) is 6.29. The highest BCUT2D eigenvalue weighted by Crippen LogP contribution is 2.20. The lowest BCUT2D eigenvalue weighted by Crippen LogP contribution is -2.42. The van der Waals surface area contributed by atoms with Crippen LogP contribution in [0, 0.1) is 5.92 Å². The van der Waals surface area contributed by atoms with Crippen LogP contribution in [0.2, 0.25) is 0 Å². The lowest BCUT2D eigenvalue weighted by Gasteiger charge is -2.31. The minimum Gasteiger partial charge on any atom is -0.378 e. The summed E-state index contributed by atoms with van der Waals surface area (Å²) in [6, 6.07) is 10.5. The van der Waals surface area contributed by atoms with Crippen molar-refractivity contribution in [3.63, 3.8) is 0 Å². The van der Waals surface area contributed by atoms with Crippen LogP contribution in [-0.4, -0.2) is 55.4 Å². The maximum absolute atomic E-state index is 10.7. The van der Waals surface area contributed by atoms with E-state index in [-0.39, 0.29) is 6.23 Å². The second kappa shape index (κ2) is 9.93. The molecule has 0 aliphatic rings. The number of hydrogen-bond acceptors (Lipinski definition) is 3. The van der Waals surface area contributed by atoms with Crippen LogP contribution in [-0.2, 0) is 6.42 Å². The van der Waals surface area contributed by atoms with Crippen molar-refractivity contribution in [2.45, 2.75) is 38.8 Å². The molecule has 0 aromatic heterocycles. The average molecular weight is 292 g/mol. The number of nitrogens with zero attached hydrogens (tertiary/aromatic N) is 2. The third-order valence-corrected chi connectivity index (χ3v) is 4.04. The predicted molar refractivity (Wildman–Crippen MR) is 90.4 cm³/mol. The normalized spacial score (nSPS) is 14.6. The molecule has 120 valence electrons. The van der Waals surface area contributed by atoms with E-state index in [1.165, 1.54) is 18.4 Å². The van der Waals surface area contributed by atoms with Gasteiger partial charge >= 0.3 is 0 Å². The van der Waals surface area contributed by atoms with Crippen LogP contribution >= 0.6 is 0 Å². The molecule has 0 bridgehead atoms. The molecule has 3 nitrogen and oxygen atoms in total. The summed E-state index contributed by atoms with van der Waals surface area (Å²) in [6.07, 6.45) is 4.03. The van der Waals surface area contributed by atoms with Gasteiger partial charge in [-0.3, -0.25) is 4.90 Å². The minimum atomic E-state index is -0.364. The van der Waals surface area contributed by atoms with Gasteiger partial charge in [0.05, 0.1) is 0 Å². The minimum absolute atomic E-state index is 0.305. The molecular weight excluding hydrogens is 260 g/mol. The van der Waals surface area contributed by atoms with Gasteiger partial charge in [-0.1, -0.05) is 50.1 Å². The Kier molecular flexibility index (Phi) is 8.58. The number of hydrogen-bond donors (Lipinski definition) is 1. The van der Waals surface area contributed by atoms with E-state index in [1.54, 1.807) is 0 Å². The summed E-state index contributed by atoms with van der Waals surface area (Å²) in [6.45, 7) is 4.08. The molecule has 21 heavy (non-hydrogen) atoms. The number of benzene rings is 1. The molecular formula is C18H32N2O. The van der Waals surface area contributed by atoms with Gasteiger partial charge in [-0.2, -0.15) is 0 Å². The quantitative estimate of drug-likeness (QED) is 0.672. The first-order chi connectivity index (χ1) is 10.0. The average Bonchev–Trinajstić information content (AvgIpc) is 2.49. The van der Waals surface area contributed by atoms with Crippen LogP contribution in [0.4, 0.5) is 0 Å². The van der Waals surface area contributed by atoms with Crippen molar-refractivity contribution in [1.82, 2.24) is 9.80 Å². The molecule has 1 rings (SSSR count). The Hall–Kier alpha value is -0.900. The zero-order chi connectivity index (χ0) is 15.7. The van der Waals surface area contributed by atoms with Crippen molar-refractivity contribution < 1.29 is 5.11 Å². The molecule has 2 atom stereocenters. The van der Waals surface area contributed by atoms with Crippen molar-refractivity contribution in [3.8, 4) is 0 Å². The first kappa shape index (κ1) is 18.1. The van der Waals surface area contributed by atoms with Gasteiger partial charge < -0.3 is 10.0 Å². The van der Waals surface area contributed by atoms with E-state index in [9.17, 15) is 5.11 Å². The molecule has 0 saturated heterocycles. The molecule has 0 aliphatic carbocycles. The molecule has 0 radical (unpaired) electrons. The van der Waals surface area contributed by atoms with Gasteiger partial charge in [0.1, 0.15) is 6.23 Å². The number of aliphatic hydroxyl groups is 1. The molecule has 0 fully saturated rings. The van der Waals surface area contributed by atoms with Gasteiger partial charge in [0, 0.05) is 19.0 Å². The number of rotatable bonds is 10. The van der Waals surface area contributed by atoms with Crippen molar-refractivity contribution >= 4 is 0 Å². The lowest BCUT2D eigenvalue weighted by molar-refractivity contribution is -0.0302. The SMILES string of the molecule is CCCC[C@H](Cc1ccccc1)C(O)N(C)CCN(C)C. The van der Waals surface area contributed by atoms with Crippen molar-refractivity contribution in [1.29, 1.82) is 0 Å². The zero-order valence-electron chi connectivity index (χ0n) is 14.1. The highest BCUT2D eigenvalue weighted by molar-refractivity contribution is 5.15. The molecule has 0 aliphatic heterocycles. The number of aliphatic hydroxyl groups excluding tert-OH is 1. The Morgan fingerprint density at radius 1 is 1.05 bits per heavy atom. The van der Waals surface area contributed by atoms with E-state index in [0.29, 0.717) is 5.92 Å². The van der Waals surface area contributed by atoms with Crippen LogP contribution in [0.3, 0.4) is 0 Å². The Labute approximate surface area is 130 Å². The fraction of sp³-hybridized carbons (Fsp3) is 0.667. The highest BCUT2D eigenvalue weighted by atomic mass is 16.3. The van der Waals surface area contributed by atoms with Gasteiger partial charge in [-0.25, -0.2) is 0 Å². The Morgan fingerprint density at radius 3 is 2.29 bits per heavy atom. The highest BCUT2D eigenvalue weighted by Gasteiger charge is 2.22. The Balaban J connectivity index is 2.62. The molecule has 0 saturated carbocycles. The van der Waals surface area contributed by atoms with Crippen LogP contribution in [0.5, 0.6) is 0 Å². The van der Waals surface area contributed by atoms with Crippen molar-refractivity contribution in [2.24, 2.45) is 5.92 Å². The largest absolute Gasteiger partial charge is 0.378 e. The zero-order valence-corrected chi connectivity index (χ0v) is 14.1. The number of likely N-dealkylation sites (N-methyl/N-ethyl adjacent to an activating group) is 2. The molecule has 0 spiro atoms. The monoisotopic (exact) mass is 292 g/mol. The van der Waals surface area contributed by atoms with Gasteiger partial charge in [0.15, 0.2) is 0 Å². The smallest absolute Gasteiger partial charge is 0.110 e. The summed E-state index contributed by atoms with van der Waals surface area (Å²) in [5, 5.41) is 10.7. The third-order valence-electron chi connectivity index (χ3n) is 4.04. The second-order valence-corrected chi connectivity index (χ2v) is 6.29. The van der Waals surface area contributed by atoms with Crippen molar-refractivity contribution in [2.75, 3.05) is 34.2 Å². The standard InChI is InChI=1S/C18H32N2O/c1-5-6-12-17(15-16-10-8-7-9-11-16)18(21)20(4)14-13-19(2)3/h7-11,17-18,21H,5-6,12-15H2,1-4H3/t17-,18?/m1/s1. The van der Waals surface area contributed by atoms with E-state index in [0.717, 1.165) is 25.9 Å². The Morgan fingerprint density at radius 2 is 1.71 bits per heavy atom. The van der Waals surface area contributed by atoms with Gasteiger partial charge in [0.2, 0.25) is 0 Å². The van der Waals surface area contributed by atoms with Crippen LogP contribution in [0.15, 0.2) is 30.3 Å². The van der Waals surface area contributed by atoms with Gasteiger partial charge in [-0.05, 0) is 39.5 Å². The molecule has 1 aromatic rings. The maximum Gasteiger partial charge on any atom is 0.110 e. The molecule has 1 unspecified atom stereocenters. The first-order valence-corrected chi connectivity index (χ1v) is 8.11. The predicted octanol–water partition coefficient (Wildman–Crippen LogP) is 2.85. The number of unbranched alkanes of at least 4 members (excludes halogenated alkanes) is 1. The summed E-state index contributed by atoms with van der Waals surface area (Å²) in [5.41, 5.74) is 1.32. The van der Waals surface area contributed by atoms with Crippen LogP contribution in [0.25, 0.3) is 0 Å². The first-order valence-electron chi connectivity index (χ1n) is 8.11.